The molecule has 10 rings (SSSR count). The summed E-state index contributed by atoms with van der Waals surface area (Å²) >= 11 is 2.73. The summed E-state index contributed by atoms with van der Waals surface area (Å²) in [5.41, 5.74) is 4.11. The van der Waals surface area contributed by atoms with Gasteiger partial charge >= 0.3 is 24.4 Å². The number of carboxylic acids is 1. The second kappa shape index (κ2) is 26.7. The van der Waals surface area contributed by atoms with Crippen molar-refractivity contribution in [3.8, 4) is 11.5 Å². The summed E-state index contributed by atoms with van der Waals surface area (Å²) in [5.74, 6) is -0.989. The Bertz CT molecular complexity index is 3520. The van der Waals surface area contributed by atoms with Gasteiger partial charge in [0, 0.05) is 50.0 Å². The highest BCUT2D eigenvalue weighted by molar-refractivity contribution is 7.99. The lowest BCUT2D eigenvalue weighted by Gasteiger charge is -2.22. The second-order valence-electron chi connectivity index (χ2n) is 18.7. The largest absolute Gasteiger partial charge is 0.489 e. The van der Waals surface area contributed by atoms with Crippen LogP contribution in [-0.2, 0) is 46.3 Å². The Morgan fingerprint density at radius 1 is 0.561 bits per heavy atom. The molecule has 7 aromatic carbocycles. The average Bonchev–Trinajstić information content (AvgIpc) is 4.47. The lowest BCUT2D eigenvalue weighted by molar-refractivity contribution is -0.138. The molecule has 3 heterocycles. The number of hydrogen-bond donors (Lipinski definition) is 1. The van der Waals surface area contributed by atoms with Crippen molar-refractivity contribution in [3.05, 3.63) is 251 Å². The summed E-state index contributed by atoms with van der Waals surface area (Å²) in [6.45, 7) is 0.700. The second-order valence-corrected chi connectivity index (χ2v) is 21.0. The van der Waals surface area contributed by atoms with Crippen LogP contribution >= 0.6 is 23.5 Å². The first kappa shape index (κ1) is 57.9. The summed E-state index contributed by atoms with van der Waals surface area (Å²) in [4.78, 5) is 41.8. The van der Waals surface area contributed by atoms with E-state index in [1.807, 2.05) is 91.0 Å². The van der Waals surface area contributed by atoms with Gasteiger partial charge in [-0.2, -0.15) is 26.3 Å². The predicted octanol–water partition coefficient (Wildman–Crippen LogP) is 15.6. The standard InChI is InChI=1S/C36H29F3N2O5S.C26H20F3NO4S/c37-36(38,39)27-11-15-30(16-12-27)47-31-8-4-7-25(20-31)22-44-29-13-9-26(10-14-29)32(33-17-18-46-40-33)21-34(42)41-28(23-45-35(41)43)19-24-5-2-1-3-6-24;27-26(28,29)19-6-10-21(11-7-19)35-22-3-1-2-17(14-22)16-33-20-8-4-18(5-9-20)23(15-25(31)32)24-12-13-34-30-24/h1-18,20,28,32H,19,21-23H2;1-14,23H,15-16H2,(H,31,32)/t28-,32-;23-/m00/s1. The van der Waals surface area contributed by atoms with Crippen molar-refractivity contribution in [2.24, 2.45) is 0 Å². The molecule has 0 bridgehead atoms. The van der Waals surface area contributed by atoms with Crippen molar-refractivity contribution in [2.75, 3.05) is 6.61 Å². The molecule has 1 aliphatic heterocycles. The lowest BCUT2D eigenvalue weighted by atomic mass is 9.91. The molecule has 2 aromatic heterocycles. The Hall–Kier alpha value is -8.75. The molecule has 0 aliphatic carbocycles. The molecular formula is C62H49F6N3O9S2. The molecule has 1 aliphatic rings. The van der Waals surface area contributed by atoms with E-state index in [9.17, 15) is 45.8 Å². The number of amides is 2. The molecule has 0 unspecified atom stereocenters. The van der Waals surface area contributed by atoms with Crippen molar-refractivity contribution in [3.63, 3.8) is 0 Å². The van der Waals surface area contributed by atoms with Crippen molar-refractivity contribution >= 4 is 41.5 Å². The van der Waals surface area contributed by atoms with Crippen LogP contribution in [0.2, 0.25) is 0 Å². The van der Waals surface area contributed by atoms with Gasteiger partial charge in [0.05, 0.1) is 35.0 Å². The molecule has 82 heavy (non-hydrogen) atoms. The molecule has 20 heteroatoms. The van der Waals surface area contributed by atoms with Gasteiger partial charge in [0.15, 0.2) is 0 Å². The Labute approximate surface area is 475 Å². The molecule has 3 atom stereocenters. The zero-order chi connectivity index (χ0) is 57.6. The van der Waals surface area contributed by atoms with Crippen molar-refractivity contribution in [1.82, 2.24) is 15.2 Å². The average molecular weight is 1160 g/mol. The first-order valence-electron chi connectivity index (χ1n) is 25.4. The number of cyclic esters (lactones) is 1. The highest BCUT2D eigenvalue weighted by Gasteiger charge is 2.39. The van der Waals surface area contributed by atoms with E-state index in [2.05, 4.69) is 10.3 Å². The van der Waals surface area contributed by atoms with Gasteiger partial charge in [0.25, 0.3) is 0 Å². The van der Waals surface area contributed by atoms with Gasteiger partial charge in [0.1, 0.15) is 43.8 Å². The minimum absolute atomic E-state index is 0.0173. The fourth-order valence-corrected chi connectivity index (χ4v) is 10.7. The van der Waals surface area contributed by atoms with E-state index in [0.717, 1.165) is 61.9 Å². The molecule has 12 nitrogen and oxygen atoms in total. The van der Waals surface area contributed by atoms with Crippen molar-refractivity contribution in [2.45, 2.75) is 82.3 Å². The summed E-state index contributed by atoms with van der Waals surface area (Å²) in [6, 6.07) is 52.3. The zero-order valence-corrected chi connectivity index (χ0v) is 44.8. The fraction of sp³-hybridized carbons (Fsp3) is 0.177. The van der Waals surface area contributed by atoms with Gasteiger partial charge < -0.3 is 28.4 Å². The number of rotatable bonds is 20. The number of benzene rings is 7. The molecule has 0 radical (unpaired) electrons. The van der Waals surface area contributed by atoms with Gasteiger partial charge in [0.2, 0.25) is 5.91 Å². The van der Waals surface area contributed by atoms with E-state index in [0.29, 0.717) is 45.7 Å². The molecule has 2 amide bonds. The topological polar surface area (TPSA) is 154 Å². The Kier molecular flexibility index (Phi) is 18.8. The number of carbonyl (C=O) groups excluding carboxylic acids is 2. The molecule has 420 valence electrons. The Balaban J connectivity index is 0.000000206. The van der Waals surface area contributed by atoms with Crippen LogP contribution in [0.1, 0.15) is 75.0 Å². The van der Waals surface area contributed by atoms with E-state index in [4.69, 9.17) is 23.3 Å². The molecule has 1 saturated heterocycles. The Morgan fingerprint density at radius 3 is 1.44 bits per heavy atom. The number of ether oxygens (including phenoxy) is 3. The van der Waals surface area contributed by atoms with Crippen LogP contribution in [0.5, 0.6) is 11.5 Å². The summed E-state index contributed by atoms with van der Waals surface area (Å²) < 4.78 is 104. The lowest BCUT2D eigenvalue weighted by Crippen LogP contribution is -2.40. The number of carbonyl (C=O) groups is 3. The van der Waals surface area contributed by atoms with Crippen LogP contribution in [0.25, 0.3) is 0 Å². The maximum absolute atomic E-state index is 13.6. The molecular weight excluding hydrogens is 1110 g/mol. The van der Waals surface area contributed by atoms with Crippen LogP contribution in [0.3, 0.4) is 0 Å². The number of hydrogen-bond acceptors (Lipinski definition) is 12. The third kappa shape index (κ3) is 16.0. The summed E-state index contributed by atoms with van der Waals surface area (Å²) in [6.07, 6.45) is -6.17. The van der Waals surface area contributed by atoms with Crippen LogP contribution in [-0.4, -0.2) is 50.9 Å². The molecule has 9 aromatic rings. The number of aliphatic carboxylic acids is 1. The van der Waals surface area contributed by atoms with E-state index in [-0.39, 0.29) is 32.0 Å². The third-order valence-corrected chi connectivity index (χ3v) is 14.9. The van der Waals surface area contributed by atoms with E-state index in [1.165, 1.54) is 65.2 Å². The zero-order valence-electron chi connectivity index (χ0n) is 43.2. The van der Waals surface area contributed by atoms with Gasteiger partial charge in [-0.15, -0.1) is 0 Å². The number of aromatic nitrogens is 2. The number of carboxylic acid groups (broad SMARTS) is 1. The smallest absolute Gasteiger partial charge is 0.416 e. The fourth-order valence-electron chi connectivity index (χ4n) is 8.86. The van der Waals surface area contributed by atoms with Gasteiger partial charge in [-0.3, -0.25) is 9.59 Å². The summed E-state index contributed by atoms with van der Waals surface area (Å²) in [5, 5.41) is 17.2. The summed E-state index contributed by atoms with van der Waals surface area (Å²) in [7, 11) is 0. The van der Waals surface area contributed by atoms with Crippen LogP contribution in [0.15, 0.2) is 229 Å². The van der Waals surface area contributed by atoms with E-state index >= 15 is 0 Å². The SMILES string of the molecule is O=C(C[C@@H](c1ccc(OCc2cccc(Sc3ccc(C(F)(F)F)cc3)c2)cc1)c1ccon1)N1C(=O)OC[C@@H]1Cc1ccccc1.O=C(O)C[C@@H](c1ccc(OCc2cccc(Sc3ccc(C(F)(F)F)cc3)c2)cc1)c1ccon1. The molecule has 0 saturated carbocycles. The normalized spacial score (nSPS) is 14.0. The first-order chi connectivity index (χ1) is 39.5. The van der Waals surface area contributed by atoms with Crippen molar-refractivity contribution in [1.29, 1.82) is 0 Å². The molecule has 1 fully saturated rings. The van der Waals surface area contributed by atoms with E-state index in [1.54, 1.807) is 48.5 Å². The molecule has 0 spiro atoms. The van der Waals surface area contributed by atoms with Gasteiger partial charge in [-0.05, 0) is 131 Å². The third-order valence-electron chi connectivity index (χ3n) is 12.9. The maximum atomic E-state index is 13.6. The van der Waals surface area contributed by atoms with Gasteiger partial charge in [-0.25, -0.2) is 9.69 Å². The van der Waals surface area contributed by atoms with E-state index < -0.39 is 53.4 Å². The predicted molar refractivity (Wildman–Crippen MR) is 291 cm³/mol. The number of imide groups is 1. The minimum atomic E-state index is -4.37. The minimum Gasteiger partial charge on any atom is -0.489 e. The highest BCUT2D eigenvalue weighted by Crippen LogP contribution is 2.37. The van der Waals surface area contributed by atoms with Gasteiger partial charge in [-0.1, -0.05) is 113 Å². The number of halogens is 6. The Morgan fingerprint density at radius 2 is 1.01 bits per heavy atom. The number of alkyl halides is 6. The monoisotopic (exact) mass is 1160 g/mol. The van der Waals surface area contributed by atoms with Crippen LogP contribution in [0.4, 0.5) is 31.1 Å². The molecule has 1 N–H and O–H groups in total. The first-order valence-corrected chi connectivity index (χ1v) is 27.0. The van der Waals surface area contributed by atoms with Crippen LogP contribution < -0.4 is 9.47 Å². The quantitative estimate of drug-likeness (QED) is 0.0721. The van der Waals surface area contributed by atoms with Crippen molar-refractivity contribution < 1.29 is 69.1 Å². The van der Waals surface area contributed by atoms with Crippen LogP contribution in [0, 0.1) is 0 Å². The highest BCUT2D eigenvalue weighted by atomic mass is 32.2. The maximum Gasteiger partial charge on any atom is 0.416 e. The number of nitrogens with zero attached hydrogens (tertiary/aromatic N) is 3.